The summed E-state index contributed by atoms with van der Waals surface area (Å²) in [5.74, 6) is 3.10. The average molecular weight is 258 g/mol. The zero-order valence-corrected chi connectivity index (χ0v) is 11.3. The van der Waals surface area contributed by atoms with Crippen molar-refractivity contribution >= 4 is 5.95 Å². The van der Waals surface area contributed by atoms with Crippen LogP contribution in [0.2, 0.25) is 0 Å². The summed E-state index contributed by atoms with van der Waals surface area (Å²) in [5.41, 5.74) is 13.6. The van der Waals surface area contributed by atoms with E-state index < -0.39 is 0 Å². The lowest BCUT2D eigenvalue weighted by Gasteiger charge is -2.58. The molecule has 0 aromatic carbocycles. The first-order chi connectivity index (χ1) is 9.14. The van der Waals surface area contributed by atoms with E-state index in [0.29, 0.717) is 11.4 Å². The van der Waals surface area contributed by atoms with Crippen LogP contribution in [-0.2, 0) is 0 Å². The van der Waals surface area contributed by atoms with Crippen molar-refractivity contribution in [2.24, 2.45) is 28.9 Å². The zero-order valence-electron chi connectivity index (χ0n) is 11.3. The highest BCUT2D eigenvalue weighted by molar-refractivity contribution is 5.22. The summed E-state index contributed by atoms with van der Waals surface area (Å²) in [6.45, 7) is 0. The summed E-state index contributed by atoms with van der Waals surface area (Å²) in [6, 6.07) is 0.0847. The van der Waals surface area contributed by atoms with E-state index in [0.717, 1.165) is 23.3 Å². The number of nitrogens with zero attached hydrogens (tertiary/aromatic N) is 2. The van der Waals surface area contributed by atoms with Crippen LogP contribution >= 0.6 is 0 Å². The second-order valence-electron chi connectivity index (χ2n) is 7.13. The van der Waals surface area contributed by atoms with Crippen molar-refractivity contribution in [3.8, 4) is 0 Å². The van der Waals surface area contributed by atoms with E-state index in [4.69, 9.17) is 11.5 Å². The van der Waals surface area contributed by atoms with Crippen molar-refractivity contribution in [3.05, 3.63) is 18.0 Å². The fourth-order valence-corrected chi connectivity index (χ4v) is 5.42. The second kappa shape index (κ2) is 3.92. The molecule has 4 aliphatic rings. The molecule has 1 heterocycles. The number of aromatic nitrogens is 2. The van der Waals surface area contributed by atoms with Crippen LogP contribution in [0.1, 0.15) is 50.1 Å². The molecule has 102 valence electrons. The predicted octanol–water partition coefficient (Wildman–Crippen LogP) is 2.28. The van der Waals surface area contributed by atoms with E-state index in [-0.39, 0.29) is 6.04 Å². The zero-order chi connectivity index (χ0) is 13.0. The molecule has 19 heavy (non-hydrogen) atoms. The van der Waals surface area contributed by atoms with Crippen LogP contribution in [-0.4, -0.2) is 9.97 Å². The van der Waals surface area contributed by atoms with Gasteiger partial charge in [0.2, 0.25) is 5.95 Å². The topological polar surface area (TPSA) is 77.8 Å². The number of rotatable bonds is 2. The molecule has 4 bridgehead atoms. The van der Waals surface area contributed by atoms with Gasteiger partial charge in [0.05, 0.1) is 0 Å². The van der Waals surface area contributed by atoms with Gasteiger partial charge in [0.15, 0.2) is 0 Å². The van der Waals surface area contributed by atoms with Gasteiger partial charge in [0, 0.05) is 24.0 Å². The van der Waals surface area contributed by atoms with Crippen LogP contribution in [0, 0.1) is 23.2 Å². The van der Waals surface area contributed by atoms with Gasteiger partial charge in [-0.15, -0.1) is 0 Å². The molecule has 0 spiro atoms. The van der Waals surface area contributed by atoms with Gasteiger partial charge in [-0.2, -0.15) is 0 Å². The van der Waals surface area contributed by atoms with Crippen molar-refractivity contribution < 1.29 is 0 Å². The minimum Gasteiger partial charge on any atom is -0.368 e. The van der Waals surface area contributed by atoms with Gasteiger partial charge in [0.25, 0.3) is 0 Å². The first-order valence-corrected chi connectivity index (χ1v) is 7.48. The summed E-state index contributed by atoms with van der Waals surface area (Å²) >= 11 is 0. The predicted molar refractivity (Wildman–Crippen MR) is 74.0 cm³/mol. The first-order valence-electron chi connectivity index (χ1n) is 7.48. The summed E-state index contributed by atoms with van der Waals surface area (Å²) < 4.78 is 0. The molecule has 1 unspecified atom stereocenters. The third-order valence-corrected chi connectivity index (χ3v) is 5.80. The Morgan fingerprint density at radius 2 is 1.47 bits per heavy atom. The largest absolute Gasteiger partial charge is 0.368 e. The highest BCUT2D eigenvalue weighted by Gasteiger charge is 2.53. The third kappa shape index (κ3) is 1.76. The van der Waals surface area contributed by atoms with Crippen LogP contribution in [0.15, 0.2) is 12.4 Å². The molecule has 0 saturated heterocycles. The van der Waals surface area contributed by atoms with E-state index >= 15 is 0 Å². The number of hydrogen-bond donors (Lipinski definition) is 2. The van der Waals surface area contributed by atoms with Crippen molar-refractivity contribution in [2.75, 3.05) is 5.73 Å². The Hall–Kier alpha value is -1.16. The van der Waals surface area contributed by atoms with Gasteiger partial charge in [-0.25, -0.2) is 9.97 Å². The summed E-state index contributed by atoms with van der Waals surface area (Å²) in [4.78, 5) is 8.23. The van der Waals surface area contributed by atoms with Crippen molar-refractivity contribution in [1.82, 2.24) is 9.97 Å². The maximum absolute atomic E-state index is 6.62. The van der Waals surface area contributed by atoms with E-state index in [9.17, 15) is 0 Å². The Labute approximate surface area is 114 Å². The lowest BCUT2D eigenvalue weighted by Crippen LogP contribution is -2.50. The van der Waals surface area contributed by atoms with E-state index in [1.54, 1.807) is 0 Å². The Kier molecular flexibility index (Phi) is 2.40. The number of anilines is 1. The molecule has 4 fully saturated rings. The smallest absolute Gasteiger partial charge is 0.219 e. The van der Waals surface area contributed by atoms with Crippen LogP contribution in [0.5, 0.6) is 0 Å². The Balaban J connectivity index is 1.65. The number of nitrogens with two attached hydrogens (primary N) is 2. The second-order valence-corrected chi connectivity index (χ2v) is 7.13. The molecule has 4 heteroatoms. The van der Waals surface area contributed by atoms with Crippen molar-refractivity contribution in [1.29, 1.82) is 0 Å². The molecule has 5 rings (SSSR count). The van der Waals surface area contributed by atoms with Crippen LogP contribution in [0.25, 0.3) is 0 Å². The molecule has 0 aliphatic heterocycles. The molecule has 0 radical (unpaired) electrons. The van der Waals surface area contributed by atoms with E-state index in [2.05, 4.69) is 9.97 Å². The van der Waals surface area contributed by atoms with Gasteiger partial charge >= 0.3 is 0 Å². The van der Waals surface area contributed by atoms with Crippen molar-refractivity contribution in [2.45, 2.75) is 44.6 Å². The van der Waals surface area contributed by atoms with Crippen LogP contribution in [0.3, 0.4) is 0 Å². The first kappa shape index (κ1) is 11.6. The highest BCUT2D eigenvalue weighted by atomic mass is 15.0. The van der Waals surface area contributed by atoms with E-state index in [1.807, 2.05) is 12.4 Å². The van der Waals surface area contributed by atoms with Crippen molar-refractivity contribution in [3.63, 3.8) is 0 Å². The maximum atomic E-state index is 6.62. The Morgan fingerprint density at radius 1 is 1.00 bits per heavy atom. The molecule has 4 saturated carbocycles. The quantitative estimate of drug-likeness (QED) is 0.853. The van der Waals surface area contributed by atoms with Gasteiger partial charge < -0.3 is 11.5 Å². The fourth-order valence-electron chi connectivity index (χ4n) is 5.42. The van der Waals surface area contributed by atoms with Gasteiger partial charge in [-0.3, -0.25) is 0 Å². The summed E-state index contributed by atoms with van der Waals surface area (Å²) in [5, 5.41) is 0. The van der Waals surface area contributed by atoms with Crippen LogP contribution in [0.4, 0.5) is 5.95 Å². The number of nitrogen functional groups attached to an aromatic ring is 1. The lowest BCUT2D eigenvalue weighted by atomic mass is 9.47. The molecule has 0 amide bonds. The third-order valence-electron chi connectivity index (χ3n) is 5.80. The average Bonchev–Trinajstić information content (AvgIpc) is 2.37. The lowest BCUT2D eigenvalue weighted by molar-refractivity contribution is -0.0678. The molecule has 1 atom stereocenters. The molecule has 4 aliphatic carbocycles. The van der Waals surface area contributed by atoms with Gasteiger partial charge in [-0.1, -0.05) is 0 Å². The fraction of sp³-hybridized carbons (Fsp3) is 0.733. The monoisotopic (exact) mass is 258 g/mol. The minimum atomic E-state index is 0.0847. The van der Waals surface area contributed by atoms with Crippen LogP contribution < -0.4 is 11.5 Å². The highest BCUT2D eigenvalue weighted by Crippen LogP contribution is 2.63. The van der Waals surface area contributed by atoms with Gasteiger partial charge in [0.1, 0.15) is 0 Å². The number of hydrogen-bond acceptors (Lipinski definition) is 4. The molecule has 1 aromatic heterocycles. The summed E-state index contributed by atoms with van der Waals surface area (Å²) in [7, 11) is 0. The normalized spacial score (nSPS) is 41.4. The van der Waals surface area contributed by atoms with Gasteiger partial charge in [-0.05, 0) is 61.7 Å². The maximum Gasteiger partial charge on any atom is 0.219 e. The molecule has 4 nitrogen and oxygen atoms in total. The Bertz CT molecular complexity index is 446. The minimum absolute atomic E-state index is 0.0847. The Morgan fingerprint density at radius 3 is 1.95 bits per heavy atom. The molecule has 4 N–H and O–H groups in total. The molecular formula is C15H22N4. The van der Waals surface area contributed by atoms with E-state index in [1.165, 1.54) is 38.5 Å². The summed E-state index contributed by atoms with van der Waals surface area (Å²) in [6.07, 6.45) is 11.9. The SMILES string of the molecule is Nc1ncc(C(N)C23CC4CC(CC(C4)C2)C3)cn1. The molecule has 1 aromatic rings. The molecular weight excluding hydrogens is 236 g/mol. The standard InChI is InChI=1S/C15H22N4/c16-13(12-7-18-14(17)19-8-12)15-4-9-1-10(5-15)3-11(2-9)6-15/h7-11,13H,1-6,16H2,(H2,17,18,19).